The average molecular weight is 432 g/mol. The van der Waals surface area contributed by atoms with Gasteiger partial charge in [-0.05, 0) is 36.4 Å². The van der Waals surface area contributed by atoms with Crippen LogP contribution in [0.3, 0.4) is 0 Å². The molecule has 6 N–H and O–H groups in total. The number of hydrogen-bond acceptors (Lipinski definition) is 8. The number of rotatable bonds is 8. The molecular weight excluding hydrogens is 415 g/mol. The van der Waals surface area contributed by atoms with E-state index in [9.17, 15) is 17.6 Å². The number of aromatic nitrogens is 2. The van der Waals surface area contributed by atoms with Crippen molar-refractivity contribution in [3.8, 4) is 5.75 Å². The standard InChI is InChI=1S/C18H17FN6O4S/c19-15-9-22-18(24-11-4-6-14(7-5-11)30(21,27)28)25-17(15)23-12-2-1-3-13(8-12)29-10-16(20)26/h1-9H,10H2,(H2,20,26)(H2,21,27,28)(H2,22,23,24,25). The zero-order valence-electron chi connectivity index (χ0n) is 15.4. The molecule has 0 saturated heterocycles. The van der Waals surface area contributed by atoms with Crippen LogP contribution in [0.25, 0.3) is 0 Å². The molecule has 0 fully saturated rings. The Morgan fingerprint density at radius 1 is 1.10 bits per heavy atom. The van der Waals surface area contributed by atoms with Gasteiger partial charge in [-0.2, -0.15) is 4.98 Å². The van der Waals surface area contributed by atoms with Crippen LogP contribution in [0.2, 0.25) is 0 Å². The third-order valence-electron chi connectivity index (χ3n) is 3.66. The van der Waals surface area contributed by atoms with Gasteiger partial charge >= 0.3 is 0 Å². The second kappa shape index (κ2) is 8.71. The normalized spacial score (nSPS) is 11.0. The molecule has 3 aromatic rings. The smallest absolute Gasteiger partial charge is 0.255 e. The summed E-state index contributed by atoms with van der Waals surface area (Å²) < 4.78 is 42.0. The lowest BCUT2D eigenvalue weighted by Crippen LogP contribution is -2.20. The number of halogens is 1. The maximum Gasteiger partial charge on any atom is 0.255 e. The summed E-state index contributed by atoms with van der Waals surface area (Å²) in [6, 6.07) is 12.0. The van der Waals surface area contributed by atoms with Crippen molar-refractivity contribution in [1.29, 1.82) is 0 Å². The SMILES string of the molecule is NC(=O)COc1cccc(Nc2nc(Nc3ccc(S(N)(=O)=O)cc3)ncc2F)c1. The summed E-state index contributed by atoms with van der Waals surface area (Å²) in [6.45, 7) is -0.288. The van der Waals surface area contributed by atoms with Crippen LogP contribution in [0.5, 0.6) is 5.75 Å². The van der Waals surface area contributed by atoms with Crippen molar-refractivity contribution in [3.05, 3.63) is 60.5 Å². The Balaban J connectivity index is 1.75. The molecule has 12 heteroatoms. The fraction of sp³-hybridized carbons (Fsp3) is 0.0556. The van der Waals surface area contributed by atoms with E-state index in [1.54, 1.807) is 24.3 Å². The van der Waals surface area contributed by atoms with Gasteiger partial charge in [-0.25, -0.2) is 22.9 Å². The van der Waals surface area contributed by atoms with Crippen molar-refractivity contribution in [1.82, 2.24) is 9.97 Å². The van der Waals surface area contributed by atoms with Crippen molar-refractivity contribution in [2.45, 2.75) is 4.90 Å². The van der Waals surface area contributed by atoms with Crippen LogP contribution in [0.1, 0.15) is 0 Å². The number of primary amides is 1. The lowest BCUT2D eigenvalue weighted by molar-refractivity contribution is -0.119. The Morgan fingerprint density at radius 2 is 1.83 bits per heavy atom. The van der Waals surface area contributed by atoms with Gasteiger partial charge in [-0.3, -0.25) is 4.79 Å². The largest absolute Gasteiger partial charge is 0.484 e. The molecule has 3 rings (SSSR count). The summed E-state index contributed by atoms with van der Waals surface area (Å²) >= 11 is 0. The topological polar surface area (TPSA) is 162 Å². The van der Waals surface area contributed by atoms with Crippen molar-refractivity contribution in [3.63, 3.8) is 0 Å². The zero-order chi connectivity index (χ0) is 21.7. The maximum absolute atomic E-state index is 14.1. The summed E-state index contributed by atoms with van der Waals surface area (Å²) in [4.78, 5) is 18.7. The number of nitrogens with two attached hydrogens (primary N) is 2. The number of sulfonamides is 1. The first-order chi connectivity index (χ1) is 14.2. The lowest BCUT2D eigenvalue weighted by atomic mass is 10.3. The summed E-state index contributed by atoms with van der Waals surface area (Å²) in [7, 11) is -3.81. The molecule has 0 radical (unpaired) electrons. The number of primary sulfonamides is 1. The Kier molecular flexibility index (Phi) is 6.09. The molecular formula is C18H17FN6O4S. The van der Waals surface area contributed by atoms with Gasteiger partial charge in [0.1, 0.15) is 5.75 Å². The van der Waals surface area contributed by atoms with E-state index >= 15 is 0 Å². The number of nitrogens with zero attached hydrogens (tertiary/aromatic N) is 2. The Labute approximate surface area is 171 Å². The van der Waals surface area contributed by atoms with Crippen LogP contribution in [0.4, 0.5) is 27.5 Å². The number of hydrogen-bond donors (Lipinski definition) is 4. The van der Waals surface area contributed by atoms with E-state index in [1.807, 2.05) is 0 Å². The van der Waals surface area contributed by atoms with Gasteiger partial charge < -0.3 is 21.1 Å². The molecule has 1 heterocycles. The van der Waals surface area contributed by atoms with E-state index in [0.717, 1.165) is 6.20 Å². The molecule has 0 aliphatic rings. The van der Waals surface area contributed by atoms with Crippen LogP contribution < -0.4 is 26.2 Å². The molecule has 0 unspecified atom stereocenters. The third-order valence-corrected chi connectivity index (χ3v) is 4.59. The van der Waals surface area contributed by atoms with Gasteiger partial charge in [0.05, 0.1) is 11.1 Å². The van der Waals surface area contributed by atoms with Crippen molar-refractivity contribution >= 4 is 39.1 Å². The van der Waals surface area contributed by atoms with Gasteiger partial charge in [-0.1, -0.05) is 6.07 Å². The number of carbonyl (C=O) groups excluding carboxylic acids is 1. The van der Waals surface area contributed by atoms with Crippen LogP contribution in [0.15, 0.2) is 59.6 Å². The summed E-state index contributed by atoms with van der Waals surface area (Å²) in [5.41, 5.74) is 5.97. The predicted molar refractivity (Wildman–Crippen MR) is 108 cm³/mol. The fourth-order valence-electron chi connectivity index (χ4n) is 2.33. The Morgan fingerprint density at radius 3 is 2.50 bits per heavy atom. The fourth-order valence-corrected chi connectivity index (χ4v) is 2.84. The van der Waals surface area contributed by atoms with Crippen LogP contribution in [-0.2, 0) is 14.8 Å². The highest BCUT2D eigenvalue weighted by molar-refractivity contribution is 7.89. The highest BCUT2D eigenvalue weighted by Crippen LogP contribution is 2.23. The van der Waals surface area contributed by atoms with Gasteiger partial charge in [0.15, 0.2) is 18.2 Å². The number of carbonyl (C=O) groups is 1. The number of benzene rings is 2. The Hall–Kier alpha value is -3.77. The minimum absolute atomic E-state index is 0.0473. The molecule has 0 atom stereocenters. The quantitative estimate of drug-likeness (QED) is 0.417. The minimum Gasteiger partial charge on any atom is -0.484 e. The summed E-state index contributed by atoms with van der Waals surface area (Å²) in [6.07, 6.45) is 0.976. The second-order valence-electron chi connectivity index (χ2n) is 5.99. The monoisotopic (exact) mass is 432 g/mol. The van der Waals surface area contributed by atoms with Crippen molar-refractivity contribution in [2.24, 2.45) is 10.9 Å². The zero-order valence-corrected chi connectivity index (χ0v) is 16.2. The number of anilines is 4. The maximum atomic E-state index is 14.1. The second-order valence-corrected chi connectivity index (χ2v) is 7.55. The van der Waals surface area contributed by atoms with E-state index in [4.69, 9.17) is 15.6 Å². The molecule has 2 aromatic carbocycles. The molecule has 156 valence electrons. The first kappa shape index (κ1) is 21.0. The van der Waals surface area contributed by atoms with E-state index in [-0.39, 0.29) is 23.3 Å². The number of ether oxygens (including phenoxy) is 1. The highest BCUT2D eigenvalue weighted by atomic mass is 32.2. The minimum atomic E-state index is -3.81. The highest BCUT2D eigenvalue weighted by Gasteiger charge is 2.10. The van der Waals surface area contributed by atoms with Crippen molar-refractivity contribution < 1.29 is 22.3 Å². The molecule has 0 saturated carbocycles. The number of amides is 1. The van der Waals surface area contributed by atoms with E-state index in [0.29, 0.717) is 17.1 Å². The van der Waals surface area contributed by atoms with Crippen LogP contribution in [0, 0.1) is 5.82 Å². The van der Waals surface area contributed by atoms with E-state index in [2.05, 4.69) is 20.6 Å². The molecule has 0 aliphatic carbocycles. The predicted octanol–water partition coefficient (Wildman–Crippen LogP) is 1.61. The number of nitrogens with one attached hydrogen (secondary N) is 2. The van der Waals surface area contributed by atoms with E-state index in [1.165, 1.54) is 24.3 Å². The molecule has 0 bridgehead atoms. The van der Waals surface area contributed by atoms with Gasteiger partial charge in [0.25, 0.3) is 5.91 Å². The molecule has 30 heavy (non-hydrogen) atoms. The van der Waals surface area contributed by atoms with Crippen LogP contribution in [-0.4, -0.2) is 30.9 Å². The molecule has 10 nitrogen and oxygen atoms in total. The summed E-state index contributed by atoms with van der Waals surface area (Å²) in [5, 5.41) is 10.7. The molecule has 0 aliphatic heterocycles. The first-order valence-electron chi connectivity index (χ1n) is 8.41. The van der Waals surface area contributed by atoms with Crippen molar-refractivity contribution in [2.75, 3.05) is 17.2 Å². The van der Waals surface area contributed by atoms with Gasteiger partial charge in [0.2, 0.25) is 16.0 Å². The van der Waals surface area contributed by atoms with Gasteiger partial charge in [-0.15, -0.1) is 0 Å². The third kappa shape index (κ3) is 5.62. The average Bonchev–Trinajstić information content (AvgIpc) is 2.69. The first-order valence-corrected chi connectivity index (χ1v) is 9.96. The molecule has 1 aromatic heterocycles. The van der Waals surface area contributed by atoms with Gasteiger partial charge in [0, 0.05) is 17.4 Å². The van der Waals surface area contributed by atoms with E-state index < -0.39 is 21.7 Å². The molecule has 1 amide bonds. The van der Waals surface area contributed by atoms with Crippen LogP contribution >= 0.6 is 0 Å². The molecule has 0 spiro atoms. The Bertz CT molecular complexity index is 1170. The lowest BCUT2D eigenvalue weighted by Gasteiger charge is -2.11. The summed E-state index contributed by atoms with van der Waals surface area (Å²) in [5.74, 6) is -0.998.